The van der Waals surface area contributed by atoms with Crippen LogP contribution in [0.3, 0.4) is 0 Å². The van der Waals surface area contributed by atoms with Gasteiger partial charge in [-0.1, -0.05) is 36.4 Å². The molecule has 0 aliphatic carbocycles. The number of rotatable bonds is 4. The molecule has 7 nitrogen and oxygen atoms in total. The van der Waals surface area contributed by atoms with Crippen LogP contribution >= 0.6 is 11.3 Å². The first-order chi connectivity index (χ1) is 14.6. The summed E-state index contributed by atoms with van der Waals surface area (Å²) < 4.78 is 1.79. The fourth-order valence-electron chi connectivity index (χ4n) is 3.61. The summed E-state index contributed by atoms with van der Waals surface area (Å²) in [4.78, 5) is 21.2. The standard InChI is InChI=1S/C22H16N6OS/c23-21-20-17(19-10-25-12-30-19)9-18(28(20)27-11-26-21)14-5-3-4-13(8-14)15-6-1-2-7-16(15)22(24)29/h1-12H,(H2,24,29)(H2,23,26,27). The molecule has 1 amide bonds. The topological polar surface area (TPSA) is 112 Å². The molecule has 2 aromatic carbocycles. The van der Waals surface area contributed by atoms with Gasteiger partial charge in [-0.15, -0.1) is 11.3 Å². The Hall–Kier alpha value is -4.04. The van der Waals surface area contributed by atoms with Gasteiger partial charge in [0.2, 0.25) is 5.91 Å². The van der Waals surface area contributed by atoms with Crippen molar-refractivity contribution in [2.24, 2.45) is 5.73 Å². The fraction of sp³-hybridized carbons (Fsp3) is 0. The number of nitrogens with zero attached hydrogens (tertiary/aromatic N) is 4. The number of amides is 1. The molecule has 3 aromatic heterocycles. The van der Waals surface area contributed by atoms with Crippen molar-refractivity contribution in [2.75, 3.05) is 5.73 Å². The van der Waals surface area contributed by atoms with Crippen LogP contribution in [0.25, 0.3) is 38.3 Å². The first-order valence-electron chi connectivity index (χ1n) is 9.14. The van der Waals surface area contributed by atoms with E-state index in [0.717, 1.165) is 38.3 Å². The Kier molecular flexibility index (Phi) is 4.26. The van der Waals surface area contributed by atoms with Crippen molar-refractivity contribution in [3.63, 3.8) is 0 Å². The van der Waals surface area contributed by atoms with Crippen LogP contribution in [-0.2, 0) is 0 Å². The van der Waals surface area contributed by atoms with Crippen molar-refractivity contribution in [1.82, 2.24) is 19.6 Å². The first kappa shape index (κ1) is 18.0. The largest absolute Gasteiger partial charge is 0.382 e. The van der Waals surface area contributed by atoms with Crippen molar-refractivity contribution >= 4 is 28.6 Å². The van der Waals surface area contributed by atoms with Crippen LogP contribution in [0.15, 0.2) is 72.6 Å². The van der Waals surface area contributed by atoms with Crippen molar-refractivity contribution in [2.45, 2.75) is 0 Å². The summed E-state index contributed by atoms with van der Waals surface area (Å²) in [6.07, 6.45) is 3.24. The molecule has 0 radical (unpaired) electrons. The lowest BCUT2D eigenvalue weighted by Gasteiger charge is -2.09. The zero-order valence-corrected chi connectivity index (χ0v) is 16.5. The zero-order valence-electron chi connectivity index (χ0n) is 15.7. The number of hydrogen-bond acceptors (Lipinski definition) is 6. The molecule has 5 aromatic rings. The second-order valence-corrected chi connectivity index (χ2v) is 7.59. The Morgan fingerprint density at radius 1 is 1.00 bits per heavy atom. The Balaban J connectivity index is 1.73. The van der Waals surface area contributed by atoms with Gasteiger partial charge in [0.1, 0.15) is 11.8 Å². The van der Waals surface area contributed by atoms with E-state index in [0.29, 0.717) is 11.4 Å². The summed E-state index contributed by atoms with van der Waals surface area (Å²) in [6.45, 7) is 0. The molecule has 0 saturated carbocycles. The smallest absolute Gasteiger partial charge is 0.249 e. The van der Waals surface area contributed by atoms with Gasteiger partial charge in [0.05, 0.1) is 16.1 Å². The van der Waals surface area contributed by atoms with Gasteiger partial charge in [0.15, 0.2) is 5.82 Å². The monoisotopic (exact) mass is 412 g/mol. The minimum Gasteiger partial charge on any atom is -0.382 e. The predicted molar refractivity (Wildman–Crippen MR) is 118 cm³/mol. The van der Waals surface area contributed by atoms with E-state index in [-0.39, 0.29) is 0 Å². The highest BCUT2D eigenvalue weighted by atomic mass is 32.1. The van der Waals surface area contributed by atoms with Crippen LogP contribution in [0.5, 0.6) is 0 Å². The number of anilines is 1. The lowest BCUT2D eigenvalue weighted by molar-refractivity contribution is 0.100. The molecule has 0 atom stereocenters. The number of nitrogen functional groups attached to an aromatic ring is 1. The van der Waals surface area contributed by atoms with Gasteiger partial charge < -0.3 is 11.5 Å². The Labute approximate surface area is 175 Å². The third kappa shape index (κ3) is 2.90. The molecule has 0 spiro atoms. The molecule has 0 unspecified atom stereocenters. The highest BCUT2D eigenvalue weighted by Gasteiger charge is 2.18. The fourth-order valence-corrected chi connectivity index (χ4v) is 4.25. The van der Waals surface area contributed by atoms with Gasteiger partial charge in [-0.3, -0.25) is 9.78 Å². The van der Waals surface area contributed by atoms with Crippen LogP contribution in [0.1, 0.15) is 10.4 Å². The number of benzene rings is 2. The van der Waals surface area contributed by atoms with Gasteiger partial charge in [0.25, 0.3) is 0 Å². The van der Waals surface area contributed by atoms with E-state index >= 15 is 0 Å². The molecule has 0 bridgehead atoms. The second kappa shape index (κ2) is 7.09. The average Bonchev–Trinajstić information content (AvgIpc) is 3.42. The maximum absolute atomic E-state index is 11.9. The molecule has 0 fully saturated rings. The predicted octanol–water partition coefficient (Wildman–Crippen LogP) is 3.87. The quantitative estimate of drug-likeness (QED) is 0.465. The molecule has 4 N–H and O–H groups in total. The van der Waals surface area contributed by atoms with E-state index in [4.69, 9.17) is 11.5 Å². The number of thiazole rings is 1. The van der Waals surface area contributed by atoms with Crippen molar-refractivity contribution in [3.05, 3.63) is 78.2 Å². The number of fused-ring (bicyclic) bond motifs is 1. The number of primary amides is 1. The normalized spacial score (nSPS) is 11.1. The lowest BCUT2D eigenvalue weighted by Crippen LogP contribution is -2.12. The Bertz CT molecular complexity index is 1390. The number of hydrogen-bond donors (Lipinski definition) is 2. The Morgan fingerprint density at radius 3 is 2.63 bits per heavy atom. The highest BCUT2D eigenvalue weighted by molar-refractivity contribution is 7.13. The van der Waals surface area contributed by atoms with Gasteiger partial charge in [-0.2, -0.15) is 5.10 Å². The van der Waals surface area contributed by atoms with Gasteiger partial charge in [-0.05, 0) is 29.3 Å². The van der Waals surface area contributed by atoms with Crippen LogP contribution < -0.4 is 11.5 Å². The molecule has 5 rings (SSSR count). The molecule has 3 heterocycles. The lowest BCUT2D eigenvalue weighted by atomic mass is 9.97. The van der Waals surface area contributed by atoms with Gasteiger partial charge >= 0.3 is 0 Å². The van der Waals surface area contributed by atoms with Crippen LogP contribution in [0.4, 0.5) is 5.82 Å². The number of nitrogens with two attached hydrogens (primary N) is 2. The molecular weight excluding hydrogens is 396 g/mol. The molecule has 146 valence electrons. The van der Waals surface area contributed by atoms with E-state index < -0.39 is 5.91 Å². The zero-order chi connectivity index (χ0) is 20.7. The first-order valence-corrected chi connectivity index (χ1v) is 10.0. The van der Waals surface area contributed by atoms with E-state index in [1.807, 2.05) is 42.5 Å². The second-order valence-electron chi connectivity index (χ2n) is 6.71. The van der Waals surface area contributed by atoms with Crippen LogP contribution in [0, 0.1) is 0 Å². The van der Waals surface area contributed by atoms with E-state index in [9.17, 15) is 4.79 Å². The van der Waals surface area contributed by atoms with E-state index in [2.05, 4.69) is 15.1 Å². The molecule has 0 saturated heterocycles. The average molecular weight is 412 g/mol. The van der Waals surface area contributed by atoms with Gasteiger partial charge in [0, 0.05) is 22.9 Å². The summed E-state index contributed by atoms with van der Waals surface area (Å²) in [5.41, 5.74) is 19.1. The summed E-state index contributed by atoms with van der Waals surface area (Å²) in [6, 6.07) is 17.2. The summed E-state index contributed by atoms with van der Waals surface area (Å²) >= 11 is 1.53. The maximum Gasteiger partial charge on any atom is 0.249 e. The summed E-state index contributed by atoms with van der Waals surface area (Å²) in [7, 11) is 0. The molecular formula is C22H16N6OS. The van der Waals surface area contributed by atoms with E-state index in [1.165, 1.54) is 17.7 Å². The molecule has 30 heavy (non-hydrogen) atoms. The van der Waals surface area contributed by atoms with Crippen molar-refractivity contribution in [1.29, 1.82) is 0 Å². The molecule has 0 aliphatic rings. The van der Waals surface area contributed by atoms with E-state index in [1.54, 1.807) is 28.4 Å². The third-order valence-electron chi connectivity index (χ3n) is 4.94. The Morgan fingerprint density at radius 2 is 1.83 bits per heavy atom. The third-order valence-corrected chi connectivity index (χ3v) is 5.75. The molecule has 8 heteroatoms. The maximum atomic E-state index is 11.9. The van der Waals surface area contributed by atoms with Gasteiger partial charge in [-0.25, -0.2) is 9.50 Å². The van der Waals surface area contributed by atoms with Crippen LogP contribution in [0.2, 0.25) is 0 Å². The van der Waals surface area contributed by atoms with Crippen molar-refractivity contribution in [3.8, 4) is 32.8 Å². The van der Waals surface area contributed by atoms with Crippen molar-refractivity contribution < 1.29 is 4.79 Å². The number of aromatic nitrogens is 4. The minimum absolute atomic E-state index is 0.398. The summed E-state index contributed by atoms with van der Waals surface area (Å²) in [5, 5.41) is 4.43. The summed E-state index contributed by atoms with van der Waals surface area (Å²) in [5.74, 6) is -0.0630. The highest BCUT2D eigenvalue weighted by Crippen LogP contribution is 2.37. The molecule has 0 aliphatic heterocycles. The number of carbonyl (C=O) groups is 1. The minimum atomic E-state index is -0.461. The van der Waals surface area contributed by atoms with Crippen LogP contribution in [-0.4, -0.2) is 25.5 Å². The number of carbonyl (C=O) groups excluding carboxylic acids is 1. The SMILES string of the molecule is NC(=O)c1ccccc1-c1cccc(-c2cc(-c3cncs3)c3c(N)ncnn23)c1.